The van der Waals surface area contributed by atoms with Crippen molar-refractivity contribution in [2.75, 3.05) is 0 Å². The summed E-state index contributed by atoms with van der Waals surface area (Å²) in [6.45, 7) is 0. The molecule has 0 aromatic heterocycles. The van der Waals surface area contributed by atoms with Gasteiger partial charge in [0.15, 0.2) is 0 Å². The third-order valence-corrected chi connectivity index (χ3v) is 4.11. The number of hydrogen-bond donors (Lipinski definition) is 2. The fourth-order valence-electron chi connectivity index (χ4n) is 3.27. The van der Waals surface area contributed by atoms with Gasteiger partial charge in [-0.1, -0.05) is 36.4 Å². The van der Waals surface area contributed by atoms with Gasteiger partial charge in [-0.15, -0.1) is 0 Å². The summed E-state index contributed by atoms with van der Waals surface area (Å²) in [5, 5.41) is 20.7. The fraction of sp³-hybridized carbons (Fsp3) is 0. The number of aromatic carboxylic acids is 2. The van der Waals surface area contributed by atoms with E-state index in [-0.39, 0.29) is 11.1 Å². The summed E-state index contributed by atoms with van der Waals surface area (Å²) < 4.78 is 0. The molecule has 0 heterocycles. The molecule has 1 aliphatic rings. The molecule has 4 rings (SSSR count). The van der Waals surface area contributed by atoms with Crippen LogP contribution < -0.4 is 0 Å². The molecule has 3 aromatic rings. The van der Waals surface area contributed by atoms with Crippen LogP contribution in [0, 0.1) is 0 Å². The van der Waals surface area contributed by atoms with Crippen LogP contribution in [-0.4, -0.2) is 22.2 Å². The Morgan fingerprint density at radius 3 is 2.05 bits per heavy atom. The van der Waals surface area contributed by atoms with Gasteiger partial charge in [0, 0.05) is 11.1 Å². The molecule has 0 radical (unpaired) electrons. The summed E-state index contributed by atoms with van der Waals surface area (Å²) in [6, 6.07) is 14.0. The molecule has 0 atom stereocenters. The summed E-state index contributed by atoms with van der Waals surface area (Å²) in [6.07, 6.45) is 0. The summed E-state index contributed by atoms with van der Waals surface area (Å²) in [5.74, 6) is -2.11. The highest BCUT2D eigenvalue weighted by Crippen LogP contribution is 2.50. The van der Waals surface area contributed by atoms with Gasteiger partial charge in [-0.3, -0.25) is 0 Å². The molecule has 2 N–H and O–H groups in total. The third-order valence-electron chi connectivity index (χ3n) is 4.11. The lowest BCUT2D eigenvalue weighted by Gasteiger charge is -2.09. The minimum Gasteiger partial charge on any atom is -0.478 e. The molecule has 0 unspecified atom stereocenters. The Morgan fingerprint density at radius 2 is 1.32 bits per heavy atom. The average molecular weight is 290 g/mol. The highest BCUT2D eigenvalue weighted by Gasteiger charge is 2.29. The second-order valence-corrected chi connectivity index (χ2v) is 5.23. The zero-order chi connectivity index (χ0) is 15.4. The van der Waals surface area contributed by atoms with Gasteiger partial charge in [-0.05, 0) is 34.0 Å². The predicted octanol–water partition coefficient (Wildman–Crippen LogP) is 3.88. The molecule has 1 aliphatic carbocycles. The highest BCUT2D eigenvalue weighted by atomic mass is 16.4. The van der Waals surface area contributed by atoms with Gasteiger partial charge in [-0.2, -0.15) is 0 Å². The lowest BCUT2D eigenvalue weighted by atomic mass is 9.94. The quantitative estimate of drug-likeness (QED) is 0.587. The number of benzene rings is 3. The molecule has 4 nitrogen and oxygen atoms in total. The van der Waals surface area contributed by atoms with E-state index in [1.807, 2.05) is 24.3 Å². The first-order chi connectivity index (χ1) is 10.6. The van der Waals surface area contributed by atoms with Crippen LogP contribution in [-0.2, 0) is 0 Å². The van der Waals surface area contributed by atoms with E-state index in [0.717, 1.165) is 21.9 Å². The molecule has 106 valence electrons. The van der Waals surface area contributed by atoms with Crippen molar-refractivity contribution >= 4 is 22.7 Å². The first kappa shape index (κ1) is 12.6. The average Bonchev–Trinajstić information content (AvgIpc) is 2.84. The SMILES string of the molecule is O=C(O)c1cccc2c1-c1c(C(=O)O)ccc3cccc-2c13. The Kier molecular flexibility index (Phi) is 2.39. The smallest absolute Gasteiger partial charge is 0.336 e. The van der Waals surface area contributed by atoms with E-state index >= 15 is 0 Å². The molecule has 22 heavy (non-hydrogen) atoms. The van der Waals surface area contributed by atoms with Gasteiger partial charge in [0.2, 0.25) is 0 Å². The van der Waals surface area contributed by atoms with E-state index in [1.165, 1.54) is 12.1 Å². The molecule has 0 saturated heterocycles. The Labute approximate surface area is 125 Å². The summed E-state index contributed by atoms with van der Waals surface area (Å²) in [7, 11) is 0. The maximum atomic E-state index is 11.6. The van der Waals surface area contributed by atoms with Crippen LogP contribution in [0.15, 0.2) is 48.5 Å². The van der Waals surface area contributed by atoms with Gasteiger partial charge in [0.25, 0.3) is 0 Å². The summed E-state index contributed by atoms with van der Waals surface area (Å²) in [5.41, 5.74) is 2.92. The Bertz CT molecular complexity index is 986. The minimum atomic E-state index is -1.06. The van der Waals surface area contributed by atoms with Crippen molar-refractivity contribution in [1.29, 1.82) is 0 Å². The molecular weight excluding hydrogens is 280 g/mol. The Morgan fingerprint density at radius 1 is 0.682 bits per heavy atom. The molecule has 0 spiro atoms. The number of fused-ring (bicyclic) bond motifs is 3. The largest absolute Gasteiger partial charge is 0.478 e. The second kappa shape index (κ2) is 4.18. The third kappa shape index (κ3) is 1.46. The molecule has 3 aromatic carbocycles. The highest BCUT2D eigenvalue weighted by molar-refractivity contribution is 6.22. The molecule has 0 saturated carbocycles. The number of carboxylic acids is 2. The van der Waals surface area contributed by atoms with Crippen molar-refractivity contribution in [1.82, 2.24) is 0 Å². The normalized spacial score (nSPS) is 11.5. The number of carboxylic acid groups (broad SMARTS) is 2. The predicted molar refractivity (Wildman–Crippen MR) is 82.3 cm³/mol. The van der Waals surface area contributed by atoms with Crippen LogP contribution in [0.4, 0.5) is 0 Å². The topological polar surface area (TPSA) is 74.6 Å². The molecule has 4 heteroatoms. The second-order valence-electron chi connectivity index (χ2n) is 5.23. The number of carbonyl (C=O) groups is 2. The van der Waals surface area contributed by atoms with Crippen LogP contribution in [0.1, 0.15) is 20.7 Å². The zero-order valence-electron chi connectivity index (χ0n) is 11.3. The lowest BCUT2D eigenvalue weighted by molar-refractivity contribution is 0.0684. The number of hydrogen-bond acceptors (Lipinski definition) is 2. The number of rotatable bonds is 2. The first-order valence-corrected chi connectivity index (χ1v) is 6.75. The van der Waals surface area contributed by atoms with Crippen LogP contribution >= 0.6 is 0 Å². The summed E-state index contributed by atoms with van der Waals surface area (Å²) in [4.78, 5) is 23.2. The van der Waals surface area contributed by atoms with E-state index in [9.17, 15) is 19.8 Å². The van der Waals surface area contributed by atoms with Gasteiger partial charge in [0.05, 0.1) is 11.1 Å². The van der Waals surface area contributed by atoms with Crippen molar-refractivity contribution < 1.29 is 19.8 Å². The molecule has 0 amide bonds. The van der Waals surface area contributed by atoms with Crippen LogP contribution in [0.25, 0.3) is 33.0 Å². The van der Waals surface area contributed by atoms with Gasteiger partial charge >= 0.3 is 11.9 Å². The van der Waals surface area contributed by atoms with E-state index in [4.69, 9.17) is 0 Å². The van der Waals surface area contributed by atoms with E-state index in [1.54, 1.807) is 12.1 Å². The minimum absolute atomic E-state index is 0.128. The maximum absolute atomic E-state index is 11.6. The van der Waals surface area contributed by atoms with Crippen molar-refractivity contribution in [3.8, 4) is 22.3 Å². The van der Waals surface area contributed by atoms with E-state index in [2.05, 4.69) is 0 Å². The molecule has 0 bridgehead atoms. The van der Waals surface area contributed by atoms with E-state index in [0.29, 0.717) is 11.1 Å². The van der Waals surface area contributed by atoms with Crippen molar-refractivity contribution in [2.45, 2.75) is 0 Å². The fourth-order valence-corrected chi connectivity index (χ4v) is 3.27. The molecular formula is C18H10O4. The lowest BCUT2D eigenvalue weighted by Crippen LogP contribution is -2.03. The van der Waals surface area contributed by atoms with Crippen molar-refractivity contribution in [2.24, 2.45) is 0 Å². The van der Waals surface area contributed by atoms with Gasteiger partial charge in [0.1, 0.15) is 0 Å². The standard InChI is InChI=1S/C18H10O4/c19-17(20)12-6-2-5-11-10-4-1-3-9-7-8-13(18(21)22)16(14(9)10)15(11)12/h1-8H,(H,19,20)(H,21,22). The molecule has 0 fully saturated rings. The van der Waals surface area contributed by atoms with Gasteiger partial charge in [-0.25, -0.2) is 9.59 Å². The van der Waals surface area contributed by atoms with Crippen LogP contribution in [0.3, 0.4) is 0 Å². The van der Waals surface area contributed by atoms with Crippen LogP contribution in [0.2, 0.25) is 0 Å². The van der Waals surface area contributed by atoms with E-state index < -0.39 is 11.9 Å². The monoisotopic (exact) mass is 290 g/mol. The van der Waals surface area contributed by atoms with Crippen molar-refractivity contribution in [3.63, 3.8) is 0 Å². The van der Waals surface area contributed by atoms with Crippen molar-refractivity contribution in [3.05, 3.63) is 59.7 Å². The Hall–Kier alpha value is -3.14. The first-order valence-electron chi connectivity index (χ1n) is 6.75. The van der Waals surface area contributed by atoms with Crippen LogP contribution in [0.5, 0.6) is 0 Å². The summed E-state index contributed by atoms with van der Waals surface area (Å²) >= 11 is 0. The maximum Gasteiger partial charge on any atom is 0.336 e. The van der Waals surface area contributed by atoms with Gasteiger partial charge < -0.3 is 10.2 Å². The molecule has 0 aliphatic heterocycles. The zero-order valence-corrected chi connectivity index (χ0v) is 11.3. The Balaban J connectivity index is 2.27.